The molecule has 102 valence electrons. The lowest BCUT2D eigenvalue weighted by atomic mass is 9.90. The number of aliphatic hydroxyl groups is 1. The standard InChI is InChI=1S/C15H18BrNO2/c1-9-3-4-11(7-10(9)2)12(8-17)15(18)13-5-6-14(16)19-13/h3-7,12,15,18H,8,17H2,1-2H3. The molecule has 0 aliphatic rings. The zero-order chi connectivity index (χ0) is 14.0. The van der Waals surface area contributed by atoms with E-state index in [0.29, 0.717) is 17.0 Å². The summed E-state index contributed by atoms with van der Waals surface area (Å²) in [5.74, 6) is 0.359. The van der Waals surface area contributed by atoms with Gasteiger partial charge in [-0.15, -0.1) is 0 Å². The van der Waals surface area contributed by atoms with E-state index in [9.17, 15) is 5.11 Å². The summed E-state index contributed by atoms with van der Waals surface area (Å²) in [5.41, 5.74) is 9.29. The van der Waals surface area contributed by atoms with Gasteiger partial charge >= 0.3 is 0 Å². The summed E-state index contributed by atoms with van der Waals surface area (Å²) < 4.78 is 6.02. The molecule has 2 atom stereocenters. The molecule has 0 fully saturated rings. The summed E-state index contributed by atoms with van der Waals surface area (Å²) in [7, 11) is 0. The van der Waals surface area contributed by atoms with Crippen molar-refractivity contribution in [3.8, 4) is 0 Å². The van der Waals surface area contributed by atoms with Crippen LogP contribution in [0.1, 0.15) is 34.5 Å². The smallest absolute Gasteiger partial charge is 0.169 e. The van der Waals surface area contributed by atoms with Gasteiger partial charge in [0, 0.05) is 12.5 Å². The molecule has 3 nitrogen and oxygen atoms in total. The summed E-state index contributed by atoms with van der Waals surface area (Å²) in [6.45, 7) is 4.49. The Labute approximate surface area is 121 Å². The van der Waals surface area contributed by atoms with Crippen LogP contribution in [0.2, 0.25) is 0 Å². The van der Waals surface area contributed by atoms with E-state index in [4.69, 9.17) is 10.2 Å². The Morgan fingerprint density at radius 1 is 1.21 bits per heavy atom. The third-order valence-electron chi connectivity index (χ3n) is 3.48. The highest BCUT2D eigenvalue weighted by atomic mass is 79.9. The molecule has 19 heavy (non-hydrogen) atoms. The summed E-state index contributed by atoms with van der Waals surface area (Å²) in [6, 6.07) is 9.68. The second-order valence-corrected chi connectivity index (χ2v) is 5.55. The normalized spacial score (nSPS) is 14.4. The molecule has 0 amide bonds. The first-order chi connectivity index (χ1) is 9.02. The van der Waals surface area contributed by atoms with Crippen molar-refractivity contribution >= 4 is 15.9 Å². The van der Waals surface area contributed by atoms with E-state index in [1.807, 2.05) is 6.07 Å². The van der Waals surface area contributed by atoms with Crippen molar-refractivity contribution in [2.45, 2.75) is 25.9 Å². The van der Waals surface area contributed by atoms with Gasteiger partial charge in [0.1, 0.15) is 11.9 Å². The molecule has 4 heteroatoms. The Bertz CT molecular complexity index is 565. The van der Waals surface area contributed by atoms with E-state index in [1.165, 1.54) is 11.1 Å². The Balaban J connectivity index is 2.30. The quantitative estimate of drug-likeness (QED) is 0.906. The number of halogens is 1. The SMILES string of the molecule is Cc1ccc(C(CN)C(O)c2ccc(Br)o2)cc1C. The molecule has 2 aromatic rings. The molecule has 0 bridgehead atoms. The lowest BCUT2D eigenvalue weighted by Crippen LogP contribution is -2.20. The number of furan rings is 1. The Kier molecular flexibility index (Phi) is 4.45. The highest BCUT2D eigenvalue weighted by Crippen LogP contribution is 2.32. The molecule has 1 aromatic heterocycles. The maximum atomic E-state index is 10.4. The van der Waals surface area contributed by atoms with Crippen molar-refractivity contribution in [3.05, 3.63) is 57.5 Å². The van der Waals surface area contributed by atoms with E-state index < -0.39 is 6.10 Å². The van der Waals surface area contributed by atoms with Gasteiger partial charge < -0.3 is 15.3 Å². The first-order valence-corrected chi connectivity index (χ1v) is 7.02. The monoisotopic (exact) mass is 323 g/mol. The molecular weight excluding hydrogens is 306 g/mol. The molecule has 1 heterocycles. The zero-order valence-electron chi connectivity index (χ0n) is 11.1. The van der Waals surface area contributed by atoms with Crippen molar-refractivity contribution in [1.82, 2.24) is 0 Å². The van der Waals surface area contributed by atoms with Crippen LogP contribution in [0.5, 0.6) is 0 Å². The van der Waals surface area contributed by atoms with E-state index in [-0.39, 0.29) is 5.92 Å². The second-order valence-electron chi connectivity index (χ2n) is 4.77. The average Bonchev–Trinajstić information content (AvgIpc) is 2.81. The van der Waals surface area contributed by atoms with Crippen LogP contribution in [-0.4, -0.2) is 11.7 Å². The minimum Gasteiger partial charge on any atom is -0.452 e. The van der Waals surface area contributed by atoms with Gasteiger partial charge in [-0.1, -0.05) is 18.2 Å². The third kappa shape index (κ3) is 3.08. The molecule has 0 aliphatic heterocycles. The van der Waals surface area contributed by atoms with E-state index in [2.05, 4.69) is 41.9 Å². The van der Waals surface area contributed by atoms with E-state index in [0.717, 1.165) is 5.56 Å². The Morgan fingerprint density at radius 2 is 1.95 bits per heavy atom. The van der Waals surface area contributed by atoms with Gasteiger partial charge in [-0.25, -0.2) is 0 Å². The number of nitrogens with two attached hydrogens (primary N) is 1. The topological polar surface area (TPSA) is 59.4 Å². The fourth-order valence-electron chi connectivity index (χ4n) is 2.13. The van der Waals surface area contributed by atoms with Crippen molar-refractivity contribution in [2.24, 2.45) is 5.73 Å². The summed E-state index contributed by atoms with van der Waals surface area (Å²) in [6.07, 6.45) is -0.738. The molecule has 1 aromatic carbocycles. The van der Waals surface area contributed by atoms with Gasteiger partial charge in [0.15, 0.2) is 4.67 Å². The first-order valence-electron chi connectivity index (χ1n) is 6.23. The van der Waals surface area contributed by atoms with Crippen LogP contribution >= 0.6 is 15.9 Å². The molecule has 0 spiro atoms. The van der Waals surface area contributed by atoms with Gasteiger partial charge in [-0.3, -0.25) is 0 Å². The Hall–Kier alpha value is -1.10. The second kappa shape index (κ2) is 5.90. The van der Waals surface area contributed by atoms with Gasteiger partial charge in [-0.05, 0) is 58.6 Å². The highest BCUT2D eigenvalue weighted by molar-refractivity contribution is 9.10. The van der Waals surface area contributed by atoms with Crippen LogP contribution in [0.25, 0.3) is 0 Å². The maximum absolute atomic E-state index is 10.4. The number of rotatable bonds is 4. The van der Waals surface area contributed by atoms with E-state index >= 15 is 0 Å². The minimum atomic E-state index is -0.738. The summed E-state index contributed by atoms with van der Waals surface area (Å²) in [4.78, 5) is 0. The molecule has 3 N–H and O–H groups in total. The van der Waals surface area contributed by atoms with Gasteiger partial charge in [0.05, 0.1) is 0 Å². The summed E-state index contributed by atoms with van der Waals surface area (Å²) >= 11 is 3.24. The zero-order valence-corrected chi connectivity index (χ0v) is 12.6. The van der Waals surface area contributed by atoms with Crippen molar-refractivity contribution in [1.29, 1.82) is 0 Å². The van der Waals surface area contributed by atoms with Crippen molar-refractivity contribution < 1.29 is 9.52 Å². The predicted molar refractivity (Wildman–Crippen MR) is 79.1 cm³/mol. The lowest BCUT2D eigenvalue weighted by molar-refractivity contribution is 0.120. The van der Waals surface area contributed by atoms with Crippen LogP contribution in [0.3, 0.4) is 0 Å². The molecule has 2 unspecified atom stereocenters. The third-order valence-corrected chi connectivity index (χ3v) is 3.91. The van der Waals surface area contributed by atoms with Crippen molar-refractivity contribution in [2.75, 3.05) is 6.54 Å². The maximum Gasteiger partial charge on any atom is 0.169 e. The van der Waals surface area contributed by atoms with Gasteiger partial charge in [0.2, 0.25) is 0 Å². The fraction of sp³-hybridized carbons (Fsp3) is 0.333. The van der Waals surface area contributed by atoms with E-state index in [1.54, 1.807) is 12.1 Å². The van der Waals surface area contributed by atoms with Crippen LogP contribution < -0.4 is 5.73 Å². The van der Waals surface area contributed by atoms with Crippen molar-refractivity contribution in [3.63, 3.8) is 0 Å². The van der Waals surface area contributed by atoms with Crippen LogP contribution in [0, 0.1) is 13.8 Å². The molecular formula is C15H18BrNO2. The molecule has 0 saturated heterocycles. The average molecular weight is 324 g/mol. The number of hydrogen-bond acceptors (Lipinski definition) is 3. The number of aryl methyl sites for hydroxylation is 2. The van der Waals surface area contributed by atoms with Crippen LogP contribution in [-0.2, 0) is 0 Å². The molecule has 0 aliphatic carbocycles. The number of hydrogen-bond donors (Lipinski definition) is 2. The lowest BCUT2D eigenvalue weighted by Gasteiger charge is -2.21. The fourth-order valence-corrected chi connectivity index (χ4v) is 2.45. The summed E-state index contributed by atoms with van der Waals surface area (Å²) in [5, 5.41) is 10.4. The van der Waals surface area contributed by atoms with Crippen LogP contribution in [0.4, 0.5) is 0 Å². The predicted octanol–water partition coefficient (Wildman–Crippen LogP) is 3.43. The first kappa shape index (κ1) is 14.3. The molecule has 0 saturated carbocycles. The largest absolute Gasteiger partial charge is 0.452 e. The minimum absolute atomic E-state index is 0.169. The molecule has 0 radical (unpaired) electrons. The van der Waals surface area contributed by atoms with Gasteiger partial charge in [0.25, 0.3) is 0 Å². The Morgan fingerprint density at radius 3 is 2.47 bits per heavy atom. The number of aliphatic hydroxyl groups excluding tert-OH is 1. The molecule has 2 rings (SSSR count). The van der Waals surface area contributed by atoms with Crippen LogP contribution in [0.15, 0.2) is 39.4 Å². The number of benzene rings is 1. The van der Waals surface area contributed by atoms with Gasteiger partial charge in [-0.2, -0.15) is 0 Å². The highest BCUT2D eigenvalue weighted by Gasteiger charge is 2.24.